The van der Waals surface area contributed by atoms with Crippen molar-refractivity contribution in [3.8, 4) is 0 Å². The van der Waals surface area contributed by atoms with E-state index in [0.29, 0.717) is 0 Å². The Balaban J connectivity index is 4.23. The summed E-state index contributed by atoms with van der Waals surface area (Å²) >= 11 is 0. The first-order chi connectivity index (χ1) is 7.02. The van der Waals surface area contributed by atoms with E-state index in [2.05, 4.69) is 40.5 Å². The van der Waals surface area contributed by atoms with Gasteiger partial charge in [-0.3, -0.25) is 0 Å². The zero-order valence-electron chi connectivity index (χ0n) is 8.02. The van der Waals surface area contributed by atoms with Gasteiger partial charge in [0.15, 0.2) is 0 Å². The lowest BCUT2D eigenvalue weighted by molar-refractivity contribution is -0.157. The Bertz CT molecular complexity index is 295. The van der Waals surface area contributed by atoms with Gasteiger partial charge in [0.05, 0.1) is 12.5 Å². The topological polar surface area (TPSA) is 61.8 Å². The van der Waals surface area contributed by atoms with E-state index in [1.165, 1.54) is 0 Å². The van der Waals surface area contributed by atoms with Crippen LogP contribution in [0.2, 0.25) is 0 Å². The van der Waals surface area contributed by atoms with E-state index in [9.17, 15) is 9.59 Å². The van der Waals surface area contributed by atoms with Crippen molar-refractivity contribution in [1.82, 2.24) is 0 Å². The van der Waals surface area contributed by atoms with E-state index < -0.39 is 11.9 Å². The van der Waals surface area contributed by atoms with E-state index in [0.717, 1.165) is 12.5 Å². The fourth-order valence-corrected chi connectivity index (χ4v) is 0.495. The van der Waals surface area contributed by atoms with Crippen molar-refractivity contribution < 1.29 is 23.8 Å². The summed E-state index contributed by atoms with van der Waals surface area (Å²) in [7, 11) is 0. The molecule has 0 amide bonds. The highest BCUT2D eigenvalue weighted by molar-refractivity contribution is 5.99. The molecule has 0 heterocycles. The van der Waals surface area contributed by atoms with Gasteiger partial charge in [0.1, 0.15) is 0 Å². The minimum Gasteiger partial charge on any atom is -0.459 e. The molecule has 0 aromatic rings. The van der Waals surface area contributed by atoms with Crippen molar-refractivity contribution in [2.45, 2.75) is 0 Å². The third kappa shape index (κ3) is 4.47. The molecule has 5 nitrogen and oxygen atoms in total. The SMILES string of the molecule is C=COC(=C)C(=O)OC(=O)C(=C)OC=C. The van der Waals surface area contributed by atoms with Crippen LogP contribution in [0, 0.1) is 0 Å². The van der Waals surface area contributed by atoms with E-state index in [1.807, 2.05) is 0 Å². The highest BCUT2D eigenvalue weighted by Gasteiger charge is 2.17. The molecule has 15 heavy (non-hydrogen) atoms. The predicted octanol–water partition coefficient (Wildman–Crippen LogP) is 1.40. The molecule has 0 rings (SSSR count). The summed E-state index contributed by atoms with van der Waals surface area (Å²) in [4.78, 5) is 22.0. The van der Waals surface area contributed by atoms with E-state index in [4.69, 9.17) is 0 Å². The fourth-order valence-electron chi connectivity index (χ4n) is 0.495. The Kier molecular flexibility index (Phi) is 5.25. The summed E-state index contributed by atoms with van der Waals surface area (Å²) in [5.74, 6) is -2.84. The molecule has 0 unspecified atom stereocenters. The average molecular weight is 210 g/mol. The van der Waals surface area contributed by atoms with Crippen molar-refractivity contribution in [2.24, 2.45) is 0 Å². The number of rotatable bonds is 6. The highest BCUT2D eigenvalue weighted by Crippen LogP contribution is 2.02. The van der Waals surface area contributed by atoms with E-state index >= 15 is 0 Å². The molecule has 0 fully saturated rings. The lowest BCUT2D eigenvalue weighted by Gasteiger charge is -2.05. The quantitative estimate of drug-likeness (QED) is 0.287. The van der Waals surface area contributed by atoms with Crippen LogP contribution >= 0.6 is 0 Å². The van der Waals surface area contributed by atoms with Gasteiger partial charge in [-0.05, 0) is 13.2 Å². The van der Waals surface area contributed by atoms with E-state index in [1.54, 1.807) is 0 Å². The van der Waals surface area contributed by atoms with Crippen LogP contribution in [0.4, 0.5) is 0 Å². The first kappa shape index (κ1) is 12.7. The van der Waals surface area contributed by atoms with Gasteiger partial charge in [-0.1, -0.05) is 13.2 Å². The number of ether oxygens (including phenoxy) is 3. The van der Waals surface area contributed by atoms with Gasteiger partial charge >= 0.3 is 11.9 Å². The molecule has 0 aliphatic rings. The lowest BCUT2D eigenvalue weighted by Crippen LogP contribution is -2.16. The second-order valence-electron chi connectivity index (χ2n) is 2.09. The number of hydrogen-bond donors (Lipinski definition) is 0. The zero-order chi connectivity index (χ0) is 11.8. The van der Waals surface area contributed by atoms with Crippen LogP contribution < -0.4 is 0 Å². The molecule has 0 saturated heterocycles. The summed E-state index contributed by atoms with van der Waals surface area (Å²) in [6.07, 6.45) is 1.95. The van der Waals surface area contributed by atoms with Crippen LogP contribution in [0.15, 0.2) is 50.4 Å². The van der Waals surface area contributed by atoms with Crippen LogP contribution in [0.25, 0.3) is 0 Å². The summed E-state index contributed by atoms with van der Waals surface area (Å²) in [5.41, 5.74) is 0. The van der Waals surface area contributed by atoms with Gasteiger partial charge in [-0.15, -0.1) is 0 Å². The standard InChI is InChI=1S/C10H10O5/c1-5-13-7(3)9(11)15-10(12)8(4)14-6-2/h5-6H,1-4H2. The molecular formula is C10H10O5. The lowest BCUT2D eigenvalue weighted by atomic mass is 10.5. The molecule has 5 heteroatoms. The molecule has 0 aromatic heterocycles. The molecule has 0 aromatic carbocycles. The first-order valence-corrected chi connectivity index (χ1v) is 3.72. The molecule has 0 aliphatic carbocycles. The second-order valence-corrected chi connectivity index (χ2v) is 2.09. The molecule has 0 radical (unpaired) electrons. The maximum absolute atomic E-state index is 11.0. The minimum absolute atomic E-state index is 0.371. The third-order valence-corrected chi connectivity index (χ3v) is 1.09. The number of carbonyl (C=O) groups is 2. The van der Waals surface area contributed by atoms with Crippen LogP contribution in [0.5, 0.6) is 0 Å². The minimum atomic E-state index is -1.05. The molecular weight excluding hydrogens is 200 g/mol. The van der Waals surface area contributed by atoms with Crippen molar-refractivity contribution in [3.05, 3.63) is 50.4 Å². The van der Waals surface area contributed by atoms with Crippen molar-refractivity contribution in [2.75, 3.05) is 0 Å². The zero-order valence-corrected chi connectivity index (χ0v) is 8.02. The maximum atomic E-state index is 11.0. The van der Waals surface area contributed by atoms with Gasteiger partial charge in [-0.2, -0.15) is 0 Å². The predicted molar refractivity (Wildman–Crippen MR) is 51.9 cm³/mol. The Morgan fingerprint density at radius 1 is 0.867 bits per heavy atom. The Hall–Kier alpha value is -2.30. The van der Waals surface area contributed by atoms with Gasteiger partial charge in [0.25, 0.3) is 0 Å². The van der Waals surface area contributed by atoms with Crippen LogP contribution in [-0.2, 0) is 23.8 Å². The molecule has 0 N–H and O–H groups in total. The molecule has 0 atom stereocenters. The summed E-state index contributed by atoms with van der Waals surface area (Å²) in [5, 5.41) is 0. The van der Waals surface area contributed by atoms with Gasteiger partial charge in [-0.25, -0.2) is 9.59 Å². The molecule has 0 spiro atoms. The number of carbonyl (C=O) groups excluding carboxylic acids is 2. The van der Waals surface area contributed by atoms with Gasteiger partial charge in [0, 0.05) is 0 Å². The normalized spacial score (nSPS) is 8.27. The Morgan fingerprint density at radius 2 is 1.20 bits per heavy atom. The number of hydrogen-bond acceptors (Lipinski definition) is 5. The molecule has 0 aliphatic heterocycles. The molecule has 80 valence electrons. The Labute approximate surface area is 86.9 Å². The summed E-state index contributed by atoms with van der Waals surface area (Å²) < 4.78 is 13.2. The maximum Gasteiger partial charge on any atom is 0.381 e. The van der Waals surface area contributed by atoms with E-state index in [-0.39, 0.29) is 11.5 Å². The number of esters is 2. The third-order valence-electron chi connectivity index (χ3n) is 1.09. The summed E-state index contributed by atoms with van der Waals surface area (Å²) in [6.45, 7) is 12.8. The fraction of sp³-hybridized carbons (Fsp3) is 0. The van der Waals surface area contributed by atoms with Crippen molar-refractivity contribution in [3.63, 3.8) is 0 Å². The highest BCUT2D eigenvalue weighted by atomic mass is 16.6. The second kappa shape index (κ2) is 6.20. The summed E-state index contributed by atoms with van der Waals surface area (Å²) in [6, 6.07) is 0. The van der Waals surface area contributed by atoms with Crippen LogP contribution in [0.3, 0.4) is 0 Å². The molecule has 0 bridgehead atoms. The van der Waals surface area contributed by atoms with Crippen LogP contribution in [0.1, 0.15) is 0 Å². The van der Waals surface area contributed by atoms with Gasteiger partial charge in [0.2, 0.25) is 11.5 Å². The van der Waals surface area contributed by atoms with Crippen LogP contribution in [-0.4, -0.2) is 11.9 Å². The van der Waals surface area contributed by atoms with Gasteiger partial charge < -0.3 is 14.2 Å². The smallest absolute Gasteiger partial charge is 0.381 e. The first-order valence-electron chi connectivity index (χ1n) is 3.72. The monoisotopic (exact) mass is 210 g/mol. The van der Waals surface area contributed by atoms with Crippen molar-refractivity contribution >= 4 is 11.9 Å². The average Bonchev–Trinajstić information content (AvgIpc) is 2.18. The Morgan fingerprint density at radius 3 is 1.47 bits per heavy atom. The molecule has 0 saturated carbocycles. The van der Waals surface area contributed by atoms with Crippen molar-refractivity contribution in [1.29, 1.82) is 0 Å². The largest absolute Gasteiger partial charge is 0.459 e.